The summed E-state index contributed by atoms with van der Waals surface area (Å²) in [6.45, 7) is 0.413. The summed E-state index contributed by atoms with van der Waals surface area (Å²) in [5.74, 6) is -0.556. The lowest BCUT2D eigenvalue weighted by Crippen LogP contribution is -2.15. The number of imidazole rings is 1. The van der Waals surface area contributed by atoms with Crippen molar-refractivity contribution in [1.29, 1.82) is 0 Å². The van der Waals surface area contributed by atoms with Gasteiger partial charge in [-0.15, -0.1) is 0 Å². The standard InChI is InChI=1S/C19H21N3O2/c20-19(24)18-12-22(13-21-18)11-16(23)9-4-8-15-7-3-6-14-5-1-2-10-17(14)15/h1-3,5-7,10,12-13,16,23H,4,8-9,11H2,(H2,20,24). The Labute approximate surface area is 140 Å². The Bertz CT molecular complexity index is 836. The van der Waals surface area contributed by atoms with Gasteiger partial charge in [-0.2, -0.15) is 0 Å². The third-order valence-corrected chi connectivity index (χ3v) is 4.17. The molecule has 5 nitrogen and oxygen atoms in total. The van der Waals surface area contributed by atoms with Crippen LogP contribution in [0.1, 0.15) is 28.9 Å². The molecule has 0 bridgehead atoms. The fraction of sp³-hybridized carbons (Fsp3) is 0.263. The maximum atomic E-state index is 11.0. The maximum Gasteiger partial charge on any atom is 0.268 e. The predicted octanol–water partition coefficient (Wildman–Crippen LogP) is 2.52. The lowest BCUT2D eigenvalue weighted by Gasteiger charge is -2.12. The number of rotatable bonds is 7. The van der Waals surface area contributed by atoms with E-state index in [1.165, 1.54) is 22.7 Å². The van der Waals surface area contributed by atoms with Crippen molar-refractivity contribution < 1.29 is 9.90 Å². The average Bonchev–Trinajstić information content (AvgIpc) is 3.04. The summed E-state index contributed by atoms with van der Waals surface area (Å²) in [5, 5.41) is 12.7. The molecule has 3 N–H and O–H groups in total. The summed E-state index contributed by atoms with van der Waals surface area (Å²) in [4.78, 5) is 14.9. The summed E-state index contributed by atoms with van der Waals surface area (Å²) in [7, 11) is 0. The van der Waals surface area contributed by atoms with E-state index >= 15 is 0 Å². The molecule has 0 spiro atoms. The number of nitrogens with zero attached hydrogens (tertiary/aromatic N) is 2. The van der Waals surface area contributed by atoms with Gasteiger partial charge in [0.15, 0.2) is 0 Å². The number of aliphatic hydroxyl groups excluding tert-OH is 1. The Morgan fingerprint density at radius 2 is 2.00 bits per heavy atom. The van der Waals surface area contributed by atoms with Gasteiger partial charge >= 0.3 is 0 Å². The number of carbonyl (C=O) groups is 1. The van der Waals surface area contributed by atoms with E-state index in [-0.39, 0.29) is 5.69 Å². The van der Waals surface area contributed by atoms with Gasteiger partial charge in [0.05, 0.1) is 12.4 Å². The first-order chi connectivity index (χ1) is 11.6. The van der Waals surface area contributed by atoms with Gasteiger partial charge in [-0.05, 0) is 35.6 Å². The monoisotopic (exact) mass is 323 g/mol. The third-order valence-electron chi connectivity index (χ3n) is 4.17. The van der Waals surface area contributed by atoms with E-state index in [2.05, 4.69) is 41.4 Å². The molecule has 5 heteroatoms. The molecule has 24 heavy (non-hydrogen) atoms. The number of hydrogen-bond acceptors (Lipinski definition) is 3. The van der Waals surface area contributed by atoms with Crippen LogP contribution in [0.3, 0.4) is 0 Å². The summed E-state index contributed by atoms with van der Waals surface area (Å²) in [6, 6.07) is 14.7. The smallest absolute Gasteiger partial charge is 0.268 e. The van der Waals surface area contributed by atoms with Gasteiger partial charge in [0.25, 0.3) is 5.91 Å². The number of amides is 1. The highest BCUT2D eigenvalue weighted by atomic mass is 16.3. The Balaban J connectivity index is 1.54. The first kappa shape index (κ1) is 16.2. The van der Waals surface area contributed by atoms with Crippen molar-refractivity contribution in [3.8, 4) is 0 Å². The molecule has 0 saturated carbocycles. The van der Waals surface area contributed by atoms with Crippen LogP contribution < -0.4 is 5.73 Å². The molecule has 124 valence electrons. The van der Waals surface area contributed by atoms with Gasteiger partial charge in [-0.25, -0.2) is 4.98 Å². The molecule has 3 aromatic rings. The normalized spacial score (nSPS) is 12.4. The van der Waals surface area contributed by atoms with Crippen molar-refractivity contribution in [1.82, 2.24) is 9.55 Å². The summed E-state index contributed by atoms with van der Waals surface area (Å²) in [5.41, 5.74) is 6.70. The van der Waals surface area contributed by atoms with Crippen LogP contribution in [-0.2, 0) is 13.0 Å². The molecule has 1 amide bonds. The van der Waals surface area contributed by atoms with Gasteiger partial charge in [0.1, 0.15) is 5.69 Å². The molecule has 1 unspecified atom stereocenters. The Hall–Kier alpha value is -2.66. The number of aromatic nitrogens is 2. The van der Waals surface area contributed by atoms with Crippen molar-refractivity contribution in [2.75, 3.05) is 0 Å². The van der Waals surface area contributed by atoms with E-state index in [1.807, 2.05) is 6.07 Å². The van der Waals surface area contributed by atoms with E-state index in [9.17, 15) is 9.90 Å². The Kier molecular flexibility index (Phi) is 4.91. The highest BCUT2D eigenvalue weighted by Gasteiger charge is 2.09. The molecule has 3 rings (SSSR count). The second-order valence-corrected chi connectivity index (χ2v) is 6.00. The lowest BCUT2D eigenvalue weighted by molar-refractivity contribution is 0.0995. The highest BCUT2D eigenvalue weighted by molar-refractivity contribution is 5.90. The number of carbonyl (C=O) groups excluding carboxylic acids is 1. The van der Waals surface area contributed by atoms with E-state index in [0.717, 1.165) is 12.8 Å². The zero-order valence-electron chi connectivity index (χ0n) is 13.4. The lowest BCUT2D eigenvalue weighted by atomic mass is 9.99. The van der Waals surface area contributed by atoms with Crippen molar-refractivity contribution in [3.05, 3.63) is 66.2 Å². The van der Waals surface area contributed by atoms with Crippen LogP contribution >= 0.6 is 0 Å². The van der Waals surface area contributed by atoms with Crippen LogP contribution in [0.25, 0.3) is 10.8 Å². The SMILES string of the molecule is NC(=O)c1cn(CC(O)CCCc2cccc3ccccc23)cn1. The summed E-state index contributed by atoms with van der Waals surface area (Å²) < 4.78 is 1.70. The maximum absolute atomic E-state index is 11.0. The second-order valence-electron chi connectivity index (χ2n) is 6.00. The Morgan fingerprint density at radius 1 is 1.21 bits per heavy atom. The molecule has 1 atom stereocenters. The molecule has 0 fully saturated rings. The Morgan fingerprint density at radius 3 is 2.79 bits per heavy atom. The number of aliphatic hydroxyl groups is 1. The third kappa shape index (κ3) is 3.81. The molecule has 0 aliphatic rings. The van der Waals surface area contributed by atoms with Crippen molar-refractivity contribution in [2.24, 2.45) is 5.73 Å². The minimum Gasteiger partial charge on any atom is -0.391 e. The highest BCUT2D eigenvalue weighted by Crippen LogP contribution is 2.20. The fourth-order valence-electron chi connectivity index (χ4n) is 2.96. The van der Waals surface area contributed by atoms with Crippen molar-refractivity contribution in [2.45, 2.75) is 31.9 Å². The number of nitrogens with two attached hydrogens (primary N) is 1. The van der Waals surface area contributed by atoms with Gasteiger partial charge in [0.2, 0.25) is 0 Å². The first-order valence-corrected chi connectivity index (χ1v) is 8.10. The van der Waals surface area contributed by atoms with Gasteiger partial charge in [-0.3, -0.25) is 4.79 Å². The van der Waals surface area contributed by atoms with Crippen LogP contribution in [0.4, 0.5) is 0 Å². The number of benzene rings is 2. The second kappa shape index (κ2) is 7.27. The number of primary amides is 1. The largest absolute Gasteiger partial charge is 0.391 e. The molecule has 1 heterocycles. The fourth-order valence-corrected chi connectivity index (χ4v) is 2.96. The number of hydrogen-bond donors (Lipinski definition) is 2. The molecule has 2 aromatic carbocycles. The summed E-state index contributed by atoms with van der Waals surface area (Å²) >= 11 is 0. The van der Waals surface area contributed by atoms with E-state index in [4.69, 9.17) is 5.73 Å². The minimum atomic E-state index is -0.556. The van der Waals surface area contributed by atoms with Crippen LogP contribution in [0.15, 0.2) is 55.0 Å². The minimum absolute atomic E-state index is 0.220. The van der Waals surface area contributed by atoms with E-state index in [0.29, 0.717) is 13.0 Å². The van der Waals surface area contributed by atoms with Crippen molar-refractivity contribution in [3.63, 3.8) is 0 Å². The first-order valence-electron chi connectivity index (χ1n) is 8.10. The van der Waals surface area contributed by atoms with Crippen LogP contribution in [0.5, 0.6) is 0 Å². The molecular formula is C19H21N3O2. The van der Waals surface area contributed by atoms with Crippen LogP contribution in [0.2, 0.25) is 0 Å². The molecule has 0 aliphatic carbocycles. The van der Waals surface area contributed by atoms with Gasteiger partial charge in [-0.1, -0.05) is 42.5 Å². The van der Waals surface area contributed by atoms with Gasteiger partial charge in [0, 0.05) is 12.7 Å². The quantitative estimate of drug-likeness (QED) is 0.701. The zero-order valence-corrected chi connectivity index (χ0v) is 13.4. The van der Waals surface area contributed by atoms with E-state index in [1.54, 1.807) is 10.8 Å². The molecule has 0 saturated heterocycles. The van der Waals surface area contributed by atoms with E-state index < -0.39 is 12.0 Å². The topological polar surface area (TPSA) is 81.1 Å². The number of aryl methyl sites for hydroxylation is 1. The van der Waals surface area contributed by atoms with Crippen LogP contribution in [-0.4, -0.2) is 26.7 Å². The molecule has 0 radical (unpaired) electrons. The van der Waals surface area contributed by atoms with Gasteiger partial charge < -0.3 is 15.4 Å². The molecular weight excluding hydrogens is 302 g/mol. The number of fused-ring (bicyclic) bond motifs is 1. The average molecular weight is 323 g/mol. The van der Waals surface area contributed by atoms with Crippen molar-refractivity contribution >= 4 is 16.7 Å². The summed E-state index contributed by atoms with van der Waals surface area (Å²) in [6.07, 6.45) is 5.12. The predicted molar refractivity (Wildman–Crippen MR) is 93.6 cm³/mol. The molecule has 0 aliphatic heterocycles. The van der Waals surface area contributed by atoms with Crippen LogP contribution in [0, 0.1) is 0 Å². The molecule has 1 aromatic heterocycles. The zero-order chi connectivity index (χ0) is 16.9.